The number of hydrogen-bond acceptors (Lipinski definition) is 1. The molecule has 0 radical (unpaired) electrons. The summed E-state index contributed by atoms with van der Waals surface area (Å²) in [5.41, 5.74) is 0. The van der Waals surface area contributed by atoms with Gasteiger partial charge in [0, 0.05) is 17.5 Å². The van der Waals surface area contributed by atoms with Gasteiger partial charge in [0.15, 0.2) is 0 Å². The highest BCUT2D eigenvalue weighted by molar-refractivity contribution is 6.20. The molecule has 2 bridgehead atoms. The monoisotopic (exact) mass is 131 g/mol. The molecule has 0 aromatic carbocycles. The van der Waals surface area contributed by atoms with Gasteiger partial charge in [0.05, 0.1) is 0 Å². The Morgan fingerprint density at radius 1 is 1.12 bits per heavy atom. The zero-order valence-corrected chi connectivity index (χ0v) is 5.49. The second-order valence-corrected chi connectivity index (χ2v) is 3.48. The molecule has 3 aliphatic rings. The molecule has 1 saturated carbocycles. The minimum atomic E-state index is 0.472. The molecule has 0 aromatic heterocycles. The van der Waals surface area contributed by atoms with Gasteiger partial charge in [-0.1, -0.05) is 0 Å². The molecule has 0 spiro atoms. The Hall–Kier alpha value is 0.250. The highest BCUT2D eigenvalue weighted by Crippen LogP contribution is 2.30. The summed E-state index contributed by atoms with van der Waals surface area (Å²) in [6.07, 6.45) is 3.76. The van der Waals surface area contributed by atoms with Gasteiger partial charge in [0.2, 0.25) is 0 Å². The summed E-state index contributed by atoms with van der Waals surface area (Å²) in [6.45, 7) is 0. The summed E-state index contributed by atoms with van der Waals surface area (Å²) in [7, 11) is 0. The first kappa shape index (κ1) is 5.07. The number of alkyl halides is 1. The normalized spacial score (nSPS) is 52.9. The molecule has 3 rings (SSSR count). The van der Waals surface area contributed by atoms with Crippen molar-refractivity contribution < 1.29 is 0 Å². The van der Waals surface area contributed by atoms with Crippen LogP contribution in [0.15, 0.2) is 0 Å². The molecule has 3 fully saturated rings. The summed E-state index contributed by atoms with van der Waals surface area (Å²) >= 11 is 5.90. The molecule has 46 valence electrons. The Morgan fingerprint density at radius 3 is 1.88 bits per heavy atom. The third kappa shape index (κ3) is 0.652. The van der Waals surface area contributed by atoms with E-state index in [1.54, 1.807) is 0 Å². The average Bonchev–Trinajstić information content (AvgIpc) is 1.62. The van der Waals surface area contributed by atoms with Gasteiger partial charge < -0.3 is 5.32 Å². The van der Waals surface area contributed by atoms with Crippen molar-refractivity contribution in [2.24, 2.45) is 0 Å². The first-order chi connectivity index (χ1) is 3.84. The highest BCUT2D eigenvalue weighted by Gasteiger charge is 2.36. The zero-order chi connectivity index (χ0) is 5.56. The largest absolute Gasteiger partial charge is 0.311 e. The Morgan fingerprint density at radius 2 is 1.62 bits per heavy atom. The second kappa shape index (κ2) is 1.61. The van der Waals surface area contributed by atoms with Crippen LogP contribution in [0.25, 0.3) is 0 Å². The van der Waals surface area contributed by atoms with Gasteiger partial charge in [-0.25, -0.2) is 0 Å². The minimum Gasteiger partial charge on any atom is -0.311 e. The van der Waals surface area contributed by atoms with Gasteiger partial charge in [-0.15, -0.1) is 11.6 Å². The number of piperidine rings is 1. The van der Waals surface area contributed by atoms with Crippen molar-refractivity contribution in [3.63, 3.8) is 0 Å². The van der Waals surface area contributed by atoms with E-state index in [2.05, 4.69) is 5.32 Å². The summed E-state index contributed by atoms with van der Waals surface area (Å²) in [4.78, 5) is 0. The van der Waals surface area contributed by atoms with Crippen LogP contribution in [0.1, 0.15) is 19.3 Å². The maximum Gasteiger partial charge on any atom is 0.0365 e. The fraction of sp³-hybridized carbons (Fsp3) is 1.00. The van der Waals surface area contributed by atoms with E-state index in [4.69, 9.17) is 11.6 Å². The highest BCUT2D eigenvalue weighted by atomic mass is 35.5. The Labute approximate surface area is 54.4 Å². The van der Waals surface area contributed by atoms with E-state index in [0.29, 0.717) is 5.38 Å². The van der Waals surface area contributed by atoms with Crippen molar-refractivity contribution in [2.75, 3.05) is 0 Å². The molecule has 0 amide bonds. The SMILES string of the molecule is ClC1CC2CC(C1)N2. The van der Waals surface area contributed by atoms with E-state index in [0.717, 1.165) is 12.1 Å². The quantitative estimate of drug-likeness (QED) is 0.486. The molecule has 2 saturated heterocycles. The van der Waals surface area contributed by atoms with Gasteiger partial charge in [0.1, 0.15) is 0 Å². The zero-order valence-electron chi connectivity index (χ0n) is 4.73. The van der Waals surface area contributed by atoms with Crippen LogP contribution in [0.2, 0.25) is 0 Å². The third-order valence-corrected chi connectivity index (χ3v) is 2.48. The Bertz CT molecular complexity index is 88.7. The fourth-order valence-corrected chi connectivity index (χ4v) is 2.12. The molecule has 1 nitrogen and oxygen atoms in total. The van der Waals surface area contributed by atoms with Crippen LogP contribution >= 0.6 is 11.6 Å². The van der Waals surface area contributed by atoms with Crippen molar-refractivity contribution in [3.8, 4) is 0 Å². The van der Waals surface area contributed by atoms with Gasteiger partial charge >= 0.3 is 0 Å². The van der Waals surface area contributed by atoms with E-state index in [1.807, 2.05) is 0 Å². The summed E-state index contributed by atoms with van der Waals surface area (Å²) in [5.74, 6) is 0. The lowest BCUT2D eigenvalue weighted by Gasteiger charge is -2.44. The van der Waals surface area contributed by atoms with E-state index in [-0.39, 0.29) is 0 Å². The van der Waals surface area contributed by atoms with Gasteiger partial charge in [0.25, 0.3) is 0 Å². The first-order valence-electron chi connectivity index (χ1n) is 3.25. The van der Waals surface area contributed by atoms with Crippen LogP contribution in [-0.2, 0) is 0 Å². The van der Waals surface area contributed by atoms with Crippen LogP contribution in [0, 0.1) is 0 Å². The van der Waals surface area contributed by atoms with Gasteiger partial charge in [-0.3, -0.25) is 0 Å². The van der Waals surface area contributed by atoms with Crippen molar-refractivity contribution >= 4 is 11.6 Å². The Kier molecular flexibility index (Phi) is 1.02. The molecule has 1 N–H and O–H groups in total. The van der Waals surface area contributed by atoms with Gasteiger partial charge in [-0.05, 0) is 19.3 Å². The molecule has 0 aromatic rings. The maximum absolute atomic E-state index is 5.90. The third-order valence-electron chi connectivity index (χ3n) is 2.12. The van der Waals surface area contributed by atoms with E-state index >= 15 is 0 Å². The van der Waals surface area contributed by atoms with Crippen molar-refractivity contribution in [1.82, 2.24) is 5.32 Å². The van der Waals surface area contributed by atoms with E-state index < -0.39 is 0 Å². The van der Waals surface area contributed by atoms with E-state index in [9.17, 15) is 0 Å². The topological polar surface area (TPSA) is 12.0 Å². The number of fused-ring (bicyclic) bond motifs is 2. The lowest BCUT2D eigenvalue weighted by molar-refractivity contribution is 0.186. The lowest BCUT2D eigenvalue weighted by Crippen LogP contribution is -2.58. The second-order valence-electron chi connectivity index (χ2n) is 2.86. The minimum absolute atomic E-state index is 0.472. The van der Waals surface area contributed by atoms with E-state index in [1.165, 1.54) is 19.3 Å². The number of nitrogens with one attached hydrogen (secondary N) is 1. The van der Waals surface area contributed by atoms with Crippen molar-refractivity contribution in [1.29, 1.82) is 0 Å². The van der Waals surface area contributed by atoms with Crippen LogP contribution in [0.3, 0.4) is 0 Å². The number of hydrogen-bond donors (Lipinski definition) is 1. The maximum atomic E-state index is 5.90. The average molecular weight is 132 g/mol. The Balaban J connectivity index is 1.97. The number of rotatable bonds is 0. The molecule has 2 aliphatic heterocycles. The lowest BCUT2D eigenvalue weighted by atomic mass is 9.82. The van der Waals surface area contributed by atoms with Crippen LogP contribution in [-0.4, -0.2) is 17.5 Å². The fourth-order valence-electron chi connectivity index (χ4n) is 1.69. The molecule has 8 heavy (non-hydrogen) atoms. The predicted molar refractivity (Wildman–Crippen MR) is 34.2 cm³/mol. The van der Waals surface area contributed by atoms with Gasteiger partial charge in [-0.2, -0.15) is 0 Å². The molecule has 2 atom stereocenters. The molecular weight excluding hydrogens is 122 g/mol. The first-order valence-corrected chi connectivity index (χ1v) is 3.68. The van der Waals surface area contributed by atoms with Crippen LogP contribution in [0.4, 0.5) is 0 Å². The van der Waals surface area contributed by atoms with Crippen molar-refractivity contribution in [3.05, 3.63) is 0 Å². The molecule has 1 aliphatic carbocycles. The molecule has 2 heterocycles. The summed E-state index contributed by atoms with van der Waals surface area (Å²) in [5, 5.41) is 3.90. The molecular formula is C6H10ClN. The van der Waals surface area contributed by atoms with Crippen LogP contribution < -0.4 is 5.32 Å². The summed E-state index contributed by atoms with van der Waals surface area (Å²) < 4.78 is 0. The van der Waals surface area contributed by atoms with Crippen molar-refractivity contribution in [2.45, 2.75) is 36.7 Å². The standard InChI is InChI=1S/C6H10ClN/c7-4-1-5-3-6(2-4)8-5/h4-6,8H,1-3H2. The predicted octanol–water partition coefficient (Wildman–Crippen LogP) is 1.12. The smallest absolute Gasteiger partial charge is 0.0365 e. The molecule has 2 unspecified atom stereocenters. The number of halogens is 1. The van der Waals surface area contributed by atoms with Crippen LogP contribution in [0.5, 0.6) is 0 Å². The molecule has 2 heteroatoms. The summed E-state index contributed by atoms with van der Waals surface area (Å²) in [6, 6.07) is 1.55.